The Morgan fingerprint density at radius 1 is 1.62 bits per heavy atom. The molecule has 2 rings (SSSR count). The van der Waals surface area contributed by atoms with E-state index in [0.29, 0.717) is 17.4 Å². The molecule has 0 bridgehead atoms. The van der Waals surface area contributed by atoms with Gasteiger partial charge in [0.15, 0.2) is 5.76 Å². The summed E-state index contributed by atoms with van der Waals surface area (Å²) in [5.41, 5.74) is 0. The van der Waals surface area contributed by atoms with Gasteiger partial charge in [-0.15, -0.1) is 16.7 Å². The molecular formula is C9H9ClN4O2. The van der Waals surface area contributed by atoms with Crippen LogP contribution in [0.3, 0.4) is 0 Å². The van der Waals surface area contributed by atoms with Crippen LogP contribution in [0, 0.1) is 0 Å². The Balaban J connectivity index is 2.00. The van der Waals surface area contributed by atoms with E-state index < -0.39 is 0 Å². The average Bonchev–Trinajstić information content (AvgIpc) is 2.95. The highest BCUT2D eigenvalue weighted by molar-refractivity contribution is 6.27. The van der Waals surface area contributed by atoms with Crippen molar-refractivity contribution in [1.82, 2.24) is 20.5 Å². The molecule has 84 valence electrons. The Bertz CT molecular complexity index is 466. The number of carbonyl (C=O) groups is 1. The largest absolute Gasteiger partial charge is 0.461 e. The Morgan fingerprint density at radius 2 is 2.50 bits per heavy atom. The average molecular weight is 241 g/mol. The van der Waals surface area contributed by atoms with E-state index in [-0.39, 0.29) is 18.3 Å². The zero-order valence-corrected chi connectivity index (χ0v) is 8.99. The van der Waals surface area contributed by atoms with Gasteiger partial charge < -0.3 is 9.73 Å². The summed E-state index contributed by atoms with van der Waals surface area (Å²) in [4.78, 5) is 15.0. The number of halogens is 1. The Kier molecular flexibility index (Phi) is 3.21. The molecule has 0 spiro atoms. The molecule has 2 aromatic heterocycles. The number of furan rings is 1. The van der Waals surface area contributed by atoms with Crippen LogP contribution in [0.1, 0.15) is 5.82 Å². The number of H-pyrrole nitrogens is 1. The summed E-state index contributed by atoms with van der Waals surface area (Å²) < 4.78 is 5.13. The lowest BCUT2D eigenvalue weighted by molar-refractivity contribution is -0.118. The molecule has 6 nitrogen and oxygen atoms in total. The van der Waals surface area contributed by atoms with Gasteiger partial charge in [0.05, 0.1) is 12.8 Å². The van der Waals surface area contributed by atoms with Gasteiger partial charge in [0.25, 0.3) is 0 Å². The van der Waals surface area contributed by atoms with Gasteiger partial charge in [0.2, 0.25) is 11.7 Å². The number of aromatic nitrogens is 3. The maximum absolute atomic E-state index is 10.9. The number of hydrogen-bond donors (Lipinski definition) is 2. The molecule has 0 atom stereocenters. The Labute approximate surface area is 96.0 Å². The normalized spacial score (nSPS) is 10.3. The first-order valence-electron chi connectivity index (χ1n) is 4.57. The SMILES string of the molecule is O=C(CCl)NCc1nc(-c2ccco2)n[nH]1. The lowest BCUT2D eigenvalue weighted by Gasteiger charge is -1.97. The van der Waals surface area contributed by atoms with Crippen molar-refractivity contribution in [2.24, 2.45) is 0 Å². The third kappa shape index (κ3) is 2.40. The monoisotopic (exact) mass is 240 g/mol. The summed E-state index contributed by atoms with van der Waals surface area (Å²) in [7, 11) is 0. The first-order chi connectivity index (χ1) is 7.79. The number of nitrogens with one attached hydrogen (secondary N) is 2. The molecule has 2 heterocycles. The van der Waals surface area contributed by atoms with Crippen molar-refractivity contribution in [3.63, 3.8) is 0 Å². The standard InChI is InChI=1S/C9H9ClN4O2/c10-4-8(15)11-5-7-12-9(14-13-7)6-2-1-3-16-6/h1-3H,4-5H2,(H,11,15)(H,12,13,14). The predicted molar refractivity (Wildman–Crippen MR) is 56.7 cm³/mol. The molecular weight excluding hydrogens is 232 g/mol. The van der Waals surface area contributed by atoms with Crippen LogP contribution >= 0.6 is 11.6 Å². The van der Waals surface area contributed by atoms with Gasteiger partial charge in [-0.05, 0) is 12.1 Å². The highest BCUT2D eigenvalue weighted by Gasteiger charge is 2.08. The maximum atomic E-state index is 10.9. The van der Waals surface area contributed by atoms with E-state index in [0.717, 1.165) is 0 Å². The highest BCUT2D eigenvalue weighted by Crippen LogP contribution is 2.13. The second kappa shape index (κ2) is 4.80. The van der Waals surface area contributed by atoms with E-state index in [1.165, 1.54) is 0 Å². The van der Waals surface area contributed by atoms with Gasteiger partial charge in [-0.2, -0.15) is 0 Å². The van der Waals surface area contributed by atoms with Crippen molar-refractivity contribution < 1.29 is 9.21 Å². The molecule has 0 aliphatic heterocycles. The van der Waals surface area contributed by atoms with Crippen molar-refractivity contribution >= 4 is 17.5 Å². The molecule has 1 amide bonds. The molecule has 0 aliphatic rings. The van der Waals surface area contributed by atoms with Crippen molar-refractivity contribution in [3.05, 3.63) is 24.2 Å². The van der Waals surface area contributed by atoms with Crippen molar-refractivity contribution in [3.8, 4) is 11.6 Å². The summed E-state index contributed by atoms with van der Waals surface area (Å²) in [5.74, 6) is 1.26. The van der Waals surface area contributed by atoms with Crippen LogP contribution in [0.5, 0.6) is 0 Å². The Hall–Kier alpha value is -1.82. The zero-order valence-electron chi connectivity index (χ0n) is 8.24. The van der Waals surface area contributed by atoms with E-state index in [4.69, 9.17) is 16.0 Å². The summed E-state index contributed by atoms with van der Waals surface area (Å²) >= 11 is 5.33. The number of nitrogens with zero attached hydrogens (tertiary/aromatic N) is 2. The molecule has 0 radical (unpaired) electrons. The molecule has 0 saturated carbocycles. The number of amides is 1. The molecule has 0 unspecified atom stereocenters. The van der Waals surface area contributed by atoms with Crippen LogP contribution in [0.25, 0.3) is 11.6 Å². The minimum Gasteiger partial charge on any atom is -0.461 e. The smallest absolute Gasteiger partial charge is 0.235 e. The van der Waals surface area contributed by atoms with E-state index >= 15 is 0 Å². The van der Waals surface area contributed by atoms with E-state index in [1.807, 2.05) is 0 Å². The van der Waals surface area contributed by atoms with Crippen molar-refractivity contribution in [2.45, 2.75) is 6.54 Å². The van der Waals surface area contributed by atoms with Crippen LogP contribution in [0.15, 0.2) is 22.8 Å². The van der Waals surface area contributed by atoms with Gasteiger partial charge in [-0.3, -0.25) is 9.89 Å². The first-order valence-corrected chi connectivity index (χ1v) is 5.11. The Morgan fingerprint density at radius 3 is 3.19 bits per heavy atom. The number of hydrogen-bond acceptors (Lipinski definition) is 4. The molecule has 2 N–H and O–H groups in total. The quantitative estimate of drug-likeness (QED) is 0.779. The lowest BCUT2D eigenvalue weighted by Crippen LogP contribution is -2.24. The van der Waals surface area contributed by atoms with Gasteiger partial charge in [0, 0.05) is 0 Å². The number of alkyl halides is 1. The van der Waals surface area contributed by atoms with Gasteiger partial charge >= 0.3 is 0 Å². The van der Waals surface area contributed by atoms with Crippen molar-refractivity contribution in [2.75, 3.05) is 5.88 Å². The minimum absolute atomic E-state index is 0.0703. The fourth-order valence-corrected chi connectivity index (χ4v) is 1.21. The fraction of sp³-hybridized carbons (Fsp3) is 0.222. The second-order valence-electron chi connectivity index (χ2n) is 2.99. The number of rotatable bonds is 4. The molecule has 2 aromatic rings. The van der Waals surface area contributed by atoms with E-state index in [1.54, 1.807) is 18.4 Å². The number of aromatic amines is 1. The van der Waals surface area contributed by atoms with Crippen LogP contribution in [-0.2, 0) is 11.3 Å². The molecule has 0 aliphatic carbocycles. The van der Waals surface area contributed by atoms with Crippen LogP contribution in [-0.4, -0.2) is 27.0 Å². The third-order valence-corrected chi connectivity index (χ3v) is 2.09. The predicted octanol–water partition coefficient (Wildman–Crippen LogP) is 0.920. The zero-order chi connectivity index (χ0) is 11.4. The van der Waals surface area contributed by atoms with Crippen LogP contribution < -0.4 is 5.32 Å². The van der Waals surface area contributed by atoms with Crippen molar-refractivity contribution in [1.29, 1.82) is 0 Å². The summed E-state index contributed by atoms with van der Waals surface area (Å²) in [6, 6.07) is 3.50. The van der Waals surface area contributed by atoms with E-state index in [9.17, 15) is 4.79 Å². The van der Waals surface area contributed by atoms with Crippen LogP contribution in [0.2, 0.25) is 0 Å². The fourth-order valence-electron chi connectivity index (χ4n) is 1.12. The first kappa shape index (κ1) is 10.7. The number of carbonyl (C=O) groups excluding carboxylic acids is 1. The second-order valence-corrected chi connectivity index (χ2v) is 3.26. The molecule has 16 heavy (non-hydrogen) atoms. The maximum Gasteiger partial charge on any atom is 0.235 e. The van der Waals surface area contributed by atoms with Gasteiger partial charge in [-0.25, -0.2) is 4.98 Å². The minimum atomic E-state index is -0.252. The van der Waals surface area contributed by atoms with E-state index in [2.05, 4.69) is 20.5 Å². The highest BCUT2D eigenvalue weighted by atomic mass is 35.5. The van der Waals surface area contributed by atoms with Gasteiger partial charge in [0.1, 0.15) is 11.7 Å². The lowest BCUT2D eigenvalue weighted by atomic mass is 10.4. The van der Waals surface area contributed by atoms with Crippen LogP contribution in [0.4, 0.5) is 0 Å². The third-order valence-electron chi connectivity index (χ3n) is 1.85. The summed E-state index contributed by atoms with van der Waals surface area (Å²) in [6.45, 7) is 0.263. The molecule has 0 fully saturated rings. The molecule has 0 saturated heterocycles. The topological polar surface area (TPSA) is 83.8 Å². The van der Waals surface area contributed by atoms with Gasteiger partial charge in [-0.1, -0.05) is 0 Å². The molecule has 0 aromatic carbocycles. The summed E-state index contributed by atoms with van der Waals surface area (Å²) in [5, 5.41) is 9.21. The molecule has 7 heteroatoms. The summed E-state index contributed by atoms with van der Waals surface area (Å²) in [6.07, 6.45) is 1.54.